The van der Waals surface area contributed by atoms with Crippen LogP contribution >= 0.6 is 0 Å². The zero-order chi connectivity index (χ0) is 41.9. The lowest BCUT2D eigenvalue weighted by Crippen LogP contribution is -1.91. The molecule has 0 N–H and O–H groups in total. The molecular formula is C48H30O. The van der Waals surface area contributed by atoms with Crippen molar-refractivity contribution in [2.45, 2.75) is 0 Å². The fourth-order valence-corrected chi connectivity index (χ4v) is 7.13. The van der Waals surface area contributed by atoms with Crippen LogP contribution in [-0.2, 0) is 0 Å². The molecule has 10 rings (SSSR count). The summed E-state index contributed by atoms with van der Waals surface area (Å²) in [5.41, 5.74) is 3.43. The van der Waals surface area contributed by atoms with Gasteiger partial charge in [0.25, 0.3) is 0 Å². The van der Waals surface area contributed by atoms with Crippen LogP contribution in [0.1, 0.15) is 15.1 Å². The van der Waals surface area contributed by atoms with Gasteiger partial charge in [0.1, 0.15) is 11.2 Å². The number of benzene rings is 9. The van der Waals surface area contributed by atoms with Crippen molar-refractivity contribution in [3.8, 4) is 44.5 Å². The van der Waals surface area contributed by atoms with Crippen molar-refractivity contribution < 1.29 is 19.5 Å². The lowest BCUT2D eigenvalue weighted by Gasteiger charge is -2.18. The molecule has 1 heterocycles. The molecule has 10 aromatic rings. The Morgan fingerprint density at radius 1 is 0.388 bits per heavy atom. The summed E-state index contributed by atoms with van der Waals surface area (Å²) in [6.07, 6.45) is 0. The van der Waals surface area contributed by atoms with Gasteiger partial charge in [-0.25, -0.2) is 0 Å². The number of hydrogen-bond acceptors (Lipinski definition) is 1. The van der Waals surface area contributed by atoms with Gasteiger partial charge >= 0.3 is 0 Å². The Kier molecular flexibility index (Phi) is 4.25. The summed E-state index contributed by atoms with van der Waals surface area (Å²) in [6, 6.07) is 32.5. The second-order valence-corrected chi connectivity index (χ2v) is 12.0. The molecule has 0 unspecified atom stereocenters. The summed E-state index contributed by atoms with van der Waals surface area (Å²) in [6.45, 7) is 0. The smallest absolute Gasteiger partial charge is 0.143 e. The number of fused-ring (bicyclic) bond motifs is 6. The quantitative estimate of drug-likeness (QED) is 0.176. The van der Waals surface area contributed by atoms with Crippen LogP contribution in [-0.4, -0.2) is 0 Å². The van der Waals surface area contributed by atoms with Crippen LogP contribution in [0.3, 0.4) is 0 Å². The van der Waals surface area contributed by atoms with Gasteiger partial charge in [-0.2, -0.15) is 0 Å². The van der Waals surface area contributed by atoms with E-state index in [-0.39, 0.29) is 45.2 Å². The Morgan fingerprint density at radius 2 is 1.02 bits per heavy atom. The van der Waals surface area contributed by atoms with Crippen LogP contribution in [0, 0.1) is 0 Å². The highest BCUT2D eigenvalue weighted by atomic mass is 16.3. The first kappa shape index (κ1) is 18.8. The van der Waals surface area contributed by atoms with Crippen molar-refractivity contribution in [3.63, 3.8) is 0 Å². The van der Waals surface area contributed by atoms with Crippen molar-refractivity contribution in [2.24, 2.45) is 0 Å². The molecule has 0 amide bonds. The summed E-state index contributed by atoms with van der Waals surface area (Å²) in [5.74, 6) is 0. The lowest BCUT2D eigenvalue weighted by molar-refractivity contribution is 0.670. The number of para-hydroxylation sites is 1. The van der Waals surface area contributed by atoms with E-state index >= 15 is 0 Å². The van der Waals surface area contributed by atoms with Crippen molar-refractivity contribution in [2.75, 3.05) is 0 Å². The molecule has 49 heavy (non-hydrogen) atoms. The highest BCUT2D eigenvalue weighted by Gasteiger charge is 2.19. The molecule has 0 atom stereocenters. The van der Waals surface area contributed by atoms with E-state index in [1.807, 2.05) is 66.7 Å². The van der Waals surface area contributed by atoms with E-state index in [0.717, 1.165) is 54.6 Å². The van der Waals surface area contributed by atoms with E-state index < -0.39 is 59.9 Å². The highest BCUT2D eigenvalue weighted by molar-refractivity contribution is 6.22. The fourth-order valence-electron chi connectivity index (χ4n) is 7.13. The van der Waals surface area contributed by atoms with Crippen LogP contribution in [0.15, 0.2) is 186 Å². The predicted octanol–water partition coefficient (Wildman–Crippen LogP) is 13.7. The zero-order valence-electron chi connectivity index (χ0n) is 36.9. The standard InChI is InChI=1S/C48H30O/c1-2-13-32(14-3-1)38-25-12-26-43-44-30-35(27-28-45(44)49-48(38)43)47-41-22-8-6-20-39(41)46(40-21-7-9-23-42(40)47)34-18-10-17-33(29-34)37-24-11-16-31-15-4-5-19-36(31)37/h1-30H/i1D,2D,3D,12D,13D,14D,25D,26D,27D,28D,30D. The van der Waals surface area contributed by atoms with Crippen LogP contribution < -0.4 is 0 Å². The Morgan fingerprint density at radius 3 is 1.78 bits per heavy atom. The Labute approximate surface area is 299 Å². The summed E-state index contributed by atoms with van der Waals surface area (Å²) >= 11 is 0. The lowest BCUT2D eigenvalue weighted by atomic mass is 9.85. The Balaban J connectivity index is 1.29. The molecule has 0 saturated carbocycles. The highest BCUT2D eigenvalue weighted by Crippen LogP contribution is 2.46. The van der Waals surface area contributed by atoms with Crippen LogP contribution in [0.5, 0.6) is 0 Å². The average Bonchev–Trinajstić information content (AvgIpc) is 3.68. The van der Waals surface area contributed by atoms with Gasteiger partial charge in [-0.3, -0.25) is 0 Å². The molecular weight excluding hydrogens is 593 g/mol. The first-order chi connectivity index (χ1) is 28.9. The summed E-state index contributed by atoms with van der Waals surface area (Å²) in [5, 5.41) is 5.23. The maximum atomic E-state index is 9.83. The third-order valence-corrected chi connectivity index (χ3v) is 9.24. The fraction of sp³-hybridized carbons (Fsp3) is 0. The largest absolute Gasteiger partial charge is 0.455 e. The molecule has 0 bridgehead atoms. The molecule has 0 aliphatic heterocycles. The zero-order valence-corrected chi connectivity index (χ0v) is 25.9. The van der Waals surface area contributed by atoms with Crippen molar-refractivity contribution in [1.29, 1.82) is 0 Å². The molecule has 0 radical (unpaired) electrons. The summed E-state index contributed by atoms with van der Waals surface area (Å²) in [4.78, 5) is 0. The molecule has 1 aromatic heterocycles. The molecule has 0 saturated heterocycles. The minimum atomic E-state index is -0.656. The summed E-state index contributed by atoms with van der Waals surface area (Å²) < 4.78 is 104. The average molecular weight is 634 g/mol. The predicted molar refractivity (Wildman–Crippen MR) is 208 cm³/mol. The van der Waals surface area contributed by atoms with Gasteiger partial charge in [0.05, 0.1) is 15.1 Å². The van der Waals surface area contributed by atoms with Crippen molar-refractivity contribution in [1.82, 2.24) is 0 Å². The van der Waals surface area contributed by atoms with E-state index in [2.05, 4.69) is 48.5 Å². The van der Waals surface area contributed by atoms with E-state index in [1.165, 1.54) is 0 Å². The SMILES string of the molecule is [2H]c1c([2H])c([2H])c(-c2c([2H])c([2H])c([2H])c3c2oc2c([2H])c([2H])c(-c4c5ccccc5c(-c5cccc(-c6cccc7ccccc67)c5)c5ccccc45)c([2H])c23)c([2H])c1[2H]. The van der Waals surface area contributed by atoms with E-state index in [9.17, 15) is 4.11 Å². The first-order valence-electron chi connectivity index (χ1n) is 21.5. The van der Waals surface area contributed by atoms with Gasteiger partial charge in [-0.05, 0) is 89.4 Å². The first-order valence-corrected chi connectivity index (χ1v) is 16.0. The minimum absolute atomic E-state index is 0.0480. The third-order valence-electron chi connectivity index (χ3n) is 9.24. The minimum Gasteiger partial charge on any atom is -0.455 e. The molecule has 1 heteroatoms. The van der Waals surface area contributed by atoms with Gasteiger partial charge in [-0.15, -0.1) is 0 Å². The van der Waals surface area contributed by atoms with Gasteiger partial charge in [0.15, 0.2) is 0 Å². The van der Waals surface area contributed by atoms with E-state index in [4.69, 9.17) is 15.4 Å². The second kappa shape index (κ2) is 11.1. The number of furan rings is 1. The normalized spacial score (nSPS) is 14.8. The summed E-state index contributed by atoms with van der Waals surface area (Å²) in [7, 11) is 0. The van der Waals surface area contributed by atoms with E-state index in [0.29, 0.717) is 5.56 Å². The molecule has 0 aliphatic carbocycles. The molecule has 0 aliphatic rings. The van der Waals surface area contributed by atoms with Crippen LogP contribution in [0.4, 0.5) is 0 Å². The van der Waals surface area contributed by atoms with Crippen molar-refractivity contribution in [3.05, 3.63) is 182 Å². The maximum absolute atomic E-state index is 9.83. The Bertz CT molecular complexity index is 3430. The maximum Gasteiger partial charge on any atom is 0.143 e. The van der Waals surface area contributed by atoms with Crippen LogP contribution in [0.2, 0.25) is 0 Å². The monoisotopic (exact) mass is 633 g/mol. The molecule has 0 spiro atoms. The van der Waals surface area contributed by atoms with Gasteiger partial charge in [-0.1, -0.05) is 164 Å². The van der Waals surface area contributed by atoms with E-state index in [1.54, 1.807) is 0 Å². The van der Waals surface area contributed by atoms with Crippen molar-refractivity contribution >= 4 is 54.3 Å². The van der Waals surface area contributed by atoms with Gasteiger partial charge in [0.2, 0.25) is 0 Å². The molecule has 1 nitrogen and oxygen atoms in total. The molecule has 9 aromatic carbocycles. The number of rotatable bonds is 4. The topological polar surface area (TPSA) is 13.1 Å². The Hall–Kier alpha value is -6.44. The molecule has 228 valence electrons. The molecule has 0 fully saturated rings. The van der Waals surface area contributed by atoms with Gasteiger partial charge in [0, 0.05) is 16.3 Å². The van der Waals surface area contributed by atoms with Gasteiger partial charge < -0.3 is 4.42 Å². The van der Waals surface area contributed by atoms with Crippen LogP contribution in [0.25, 0.3) is 98.8 Å². The third kappa shape index (κ3) is 4.40. The second-order valence-electron chi connectivity index (χ2n) is 12.0. The number of hydrogen-bond donors (Lipinski definition) is 0.